The number of piperidine rings is 1. The van der Waals surface area contributed by atoms with E-state index in [9.17, 15) is 4.79 Å². The van der Waals surface area contributed by atoms with Gasteiger partial charge in [0.05, 0.1) is 13.7 Å². The first kappa shape index (κ1) is 14.8. The summed E-state index contributed by atoms with van der Waals surface area (Å²) in [5.74, 6) is 1.16. The highest BCUT2D eigenvalue weighted by atomic mass is 16.5. The molecule has 1 atom stereocenters. The van der Waals surface area contributed by atoms with E-state index in [1.54, 1.807) is 25.3 Å². The molecule has 0 radical (unpaired) electrons. The Balaban J connectivity index is 2.17. The van der Waals surface area contributed by atoms with E-state index >= 15 is 0 Å². The summed E-state index contributed by atoms with van der Waals surface area (Å²) in [5.41, 5.74) is 5.96. The fourth-order valence-corrected chi connectivity index (χ4v) is 2.45. The first-order chi connectivity index (χ1) is 9.63. The molecule has 0 amide bonds. The van der Waals surface area contributed by atoms with Crippen LogP contribution in [0.3, 0.4) is 0 Å². The van der Waals surface area contributed by atoms with Crippen molar-refractivity contribution in [1.29, 1.82) is 0 Å². The smallest absolute Gasteiger partial charge is 0.176 e. The number of rotatable bonds is 5. The lowest BCUT2D eigenvalue weighted by Gasteiger charge is -2.30. The van der Waals surface area contributed by atoms with Crippen LogP contribution in [0.4, 0.5) is 0 Å². The van der Waals surface area contributed by atoms with Crippen molar-refractivity contribution in [3.05, 3.63) is 23.8 Å². The number of Topliss-reactive ketones (excluding diaryl/α,β-unsaturated/α-hetero) is 1. The molecule has 2 N–H and O–H groups in total. The van der Waals surface area contributed by atoms with Crippen LogP contribution in [0, 0.1) is 0 Å². The van der Waals surface area contributed by atoms with Gasteiger partial charge in [-0.25, -0.2) is 0 Å². The Kier molecular flexibility index (Phi) is 4.98. The Morgan fingerprint density at radius 1 is 1.45 bits per heavy atom. The Hall–Kier alpha value is -1.59. The molecule has 1 aliphatic rings. The van der Waals surface area contributed by atoms with Crippen molar-refractivity contribution in [1.82, 2.24) is 4.90 Å². The van der Waals surface area contributed by atoms with Crippen LogP contribution < -0.4 is 15.2 Å². The monoisotopic (exact) mass is 278 g/mol. The Morgan fingerprint density at radius 3 is 2.90 bits per heavy atom. The number of hydrogen-bond acceptors (Lipinski definition) is 5. The van der Waals surface area contributed by atoms with E-state index in [2.05, 4.69) is 11.9 Å². The number of nitrogens with two attached hydrogens (primary N) is 1. The minimum Gasteiger partial charge on any atom is -0.493 e. The Bertz CT molecular complexity index is 476. The molecule has 0 bridgehead atoms. The summed E-state index contributed by atoms with van der Waals surface area (Å²) in [7, 11) is 3.68. The molecule has 1 saturated heterocycles. The molecule has 0 spiro atoms. The van der Waals surface area contributed by atoms with Crippen LogP contribution in [0.2, 0.25) is 0 Å². The fraction of sp³-hybridized carbons (Fsp3) is 0.533. The minimum absolute atomic E-state index is 0.00205. The summed E-state index contributed by atoms with van der Waals surface area (Å²) in [6.07, 6.45) is 2.26. The highest BCUT2D eigenvalue weighted by molar-refractivity contribution is 5.98. The van der Waals surface area contributed by atoms with Crippen LogP contribution in [-0.2, 0) is 0 Å². The van der Waals surface area contributed by atoms with Crippen LogP contribution in [0.25, 0.3) is 0 Å². The second kappa shape index (κ2) is 6.72. The molecule has 110 valence electrons. The number of methoxy groups -OCH3 is 1. The molecule has 5 nitrogen and oxygen atoms in total. The number of carbonyl (C=O) groups excluding carboxylic acids is 1. The fourth-order valence-electron chi connectivity index (χ4n) is 2.45. The van der Waals surface area contributed by atoms with E-state index in [0.717, 1.165) is 25.9 Å². The van der Waals surface area contributed by atoms with Crippen molar-refractivity contribution in [2.75, 3.05) is 33.8 Å². The van der Waals surface area contributed by atoms with Crippen LogP contribution >= 0.6 is 0 Å². The molecule has 1 unspecified atom stereocenters. The van der Waals surface area contributed by atoms with Crippen molar-refractivity contribution < 1.29 is 14.3 Å². The largest absolute Gasteiger partial charge is 0.493 e. The van der Waals surface area contributed by atoms with Crippen molar-refractivity contribution in [2.24, 2.45) is 5.73 Å². The van der Waals surface area contributed by atoms with Gasteiger partial charge in [-0.3, -0.25) is 4.79 Å². The second-order valence-corrected chi connectivity index (χ2v) is 5.14. The van der Waals surface area contributed by atoms with Gasteiger partial charge in [0, 0.05) is 12.1 Å². The summed E-state index contributed by atoms with van der Waals surface area (Å²) in [6, 6.07) is 5.20. The van der Waals surface area contributed by atoms with Crippen LogP contribution in [0.5, 0.6) is 11.5 Å². The molecule has 5 heteroatoms. The zero-order valence-electron chi connectivity index (χ0n) is 12.1. The van der Waals surface area contributed by atoms with Crippen LogP contribution in [0.15, 0.2) is 18.2 Å². The molecule has 1 aromatic carbocycles. The van der Waals surface area contributed by atoms with E-state index in [1.165, 1.54) is 0 Å². The molecule has 0 aromatic heterocycles. The van der Waals surface area contributed by atoms with Gasteiger partial charge >= 0.3 is 0 Å². The van der Waals surface area contributed by atoms with Gasteiger partial charge in [-0.2, -0.15) is 0 Å². The predicted octanol–water partition coefficient (Wildman–Crippen LogP) is 1.31. The number of carbonyl (C=O) groups is 1. The maximum Gasteiger partial charge on any atom is 0.176 e. The summed E-state index contributed by atoms with van der Waals surface area (Å²) in [4.78, 5) is 13.9. The number of likely N-dealkylation sites (N-methyl/N-ethyl adjacent to an activating group) is 1. The highest BCUT2D eigenvalue weighted by Gasteiger charge is 2.20. The normalized spacial score (nSPS) is 19.6. The summed E-state index contributed by atoms with van der Waals surface area (Å²) in [5, 5.41) is 0. The number of ketones is 1. The minimum atomic E-state index is -0.0988. The lowest BCUT2D eigenvalue weighted by atomic mass is 10.1. The van der Waals surface area contributed by atoms with E-state index in [1.807, 2.05) is 0 Å². The van der Waals surface area contributed by atoms with Gasteiger partial charge < -0.3 is 20.1 Å². The van der Waals surface area contributed by atoms with Crippen molar-refractivity contribution in [3.8, 4) is 11.5 Å². The number of nitrogens with zero attached hydrogens (tertiary/aromatic N) is 1. The maximum absolute atomic E-state index is 11.7. The molecule has 0 saturated carbocycles. The summed E-state index contributed by atoms with van der Waals surface area (Å²) < 4.78 is 11.3. The maximum atomic E-state index is 11.7. The molecule has 1 aliphatic heterocycles. The Morgan fingerprint density at radius 2 is 2.25 bits per heavy atom. The molecule has 1 fully saturated rings. The number of likely N-dealkylation sites (tertiary alicyclic amines) is 1. The summed E-state index contributed by atoms with van der Waals surface area (Å²) in [6.45, 7) is 1.98. The molecule has 20 heavy (non-hydrogen) atoms. The molecule has 2 rings (SSSR count). The van der Waals surface area contributed by atoms with Gasteiger partial charge in [0.2, 0.25) is 0 Å². The van der Waals surface area contributed by atoms with Crippen LogP contribution in [-0.4, -0.2) is 50.6 Å². The van der Waals surface area contributed by atoms with E-state index < -0.39 is 0 Å². The quantitative estimate of drug-likeness (QED) is 0.823. The molecule has 0 aliphatic carbocycles. The second-order valence-electron chi connectivity index (χ2n) is 5.14. The lowest BCUT2D eigenvalue weighted by Crippen LogP contribution is -2.38. The zero-order valence-corrected chi connectivity index (χ0v) is 12.1. The third-order valence-corrected chi connectivity index (χ3v) is 3.55. The van der Waals surface area contributed by atoms with Gasteiger partial charge in [0.15, 0.2) is 17.3 Å². The first-order valence-corrected chi connectivity index (χ1v) is 6.90. The number of hydrogen-bond donors (Lipinski definition) is 1. The van der Waals surface area contributed by atoms with Gasteiger partial charge in [0.25, 0.3) is 0 Å². The lowest BCUT2D eigenvalue weighted by molar-refractivity contribution is 0.0981. The topological polar surface area (TPSA) is 64.8 Å². The predicted molar refractivity (Wildman–Crippen MR) is 77.5 cm³/mol. The Labute approximate surface area is 119 Å². The first-order valence-electron chi connectivity index (χ1n) is 6.90. The average molecular weight is 278 g/mol. The van der Waals surface area contributed by atoms with E-state index in [-0.39, 0.29) is 18.4 Å². The standard InChI is InChI=1S/C15H22N2O3/c1-17-7-3-4-12(10-17)20-15-8-11(13(18)9-16)5-6-14(15)19-2/h5-6,8,12H,3-4,7,9-10,16H2,1-2H3. The summed E-state index contributed by atoms with van der Waals surface area (Å²) >= 11 is 0. The molecular weight excluding hydrogens is 256 g/mol. The molecule has 1 aromatic rings. The third-order valence-electron chi connectivity index (χ3n) is 3.55. The average Bonchev–Trinajstić information content (AvgIpc) is 2.46. The van der Waals surface area contributed by atoms with Gasteiger partial charge in [-0.1, -0.05) is 0 Å². The van der Waals surface area contributed by atoms with E-state index in [0.29, 0.717) is 17.1 Å². The zero-order chi connectivity index (χ0) is 14.5. The molecule has 1 heterocycles. The van der Waals surface area contributed by atoms with Crippen molar-refractivity contribution in [3.63, 3.8) is 0 Å². The van der Waals surface area contributed by atoms with Crippen LogP contribution in [0.1, 0.15) is 23.2 Å². The van der Waals surface area contributed by atoms with Gasteiger partial charge in [0.1, 0.15) is 6.10 Å². The SMILES string of the molecule is COc1ccc(C(=O)CN)cc1OC1CCCN(C)C1. The van der Waals surface area contributed by atoms with Crippen molar-refractivity contribution in [2.45, 2.75) is 18.9 Å². The van der Waals surface area contributed by atoms with Gasteiger partial charge in [-0.05, 0) is 44.6 Å². The van der Waals surface area contributed by atoms with E-state index in [4.69, 9.17) is 15.2 Å². The highest BCUT2D eigenvalue weighted by Crippen LogP contribution is 2.30. The number of benzene rings is 1. The van der Waals surface area contributed by atoms with Crippen molar-refractivity contribution >= 4 is 5.78 Å². The third kappa shape index (κ3) is 3.49. The number of ether oxygens (including phenoxy) is 2. The molecular formula is C15H22N2O3. The van der Waals surface area contributed by atoms with Gasteiger partial charge in [-0.15, -0.1) is 0 Å².